The Morgan fingerprint density at radius 1 is 0.855 bits per heavy atom. The van der Waals surface area contributed by atoms with E-state index in [4.69, 9.17) is 9.05 Å². The quantitative estimate of drug-likeness (QED) is 0.0250. The Labute approximate surface area is 335 Å². The molecule has 0 aromatic carbocycles. The summed E-state index contributed by atoms with van der Waals surface area (Å²) < 4.78 is 23.1. The van der Waals surface area contributed by atoms with Gasteiger partial charge in [-0.25, -0.2) is 0 Å². The molecule has 0 fully saturated rings. The highest BCUT2D eigenvalue weighted by Gasteiger charge is 2.27. The summed E-state index contributed by atoms with van der Waals surface area (Å²) in [7, 11) is 1.13. The van der Waals surface area contributed by atoms with Crippen LogP contribution in [0.1, 0.15) is 149 Å². The first-order valence-corrected chi connectivity index (χ1v) is 23.0. The third kappa shape index (κ3) is 28.2. The molecule has 1 amide bonds. The van der Waals surface area contributed by atoms with E-state index in [0.29, 0.717) is 36.7 Å². The zero-order valence-corrected chi connectivity index (χ0v) is 36.1. The Morgan fingerprint density at radius 2 is 1.45 bits per heavy atom. The average molecular weight is 795 g/mol. The Kier molecular flexibility index (Phi) is 28.9. The summed E-state index contributed by atoms with van der Waals surface area (Å²) >= 11 is 0. The molecule has 0 aliphatic heterocycles. The smallest absolute Gasteiger partial charge is 0.268 e. The lowest BCUT2D eigenvalue weighted by molar-refractivity contribution is -0.870. The van der Waals surface area contributed by atoms with Crippen molar-refractivity contribution in [1.29, 1.82) is 0 Å². The zero-order valence-electron chi connectivity index (χ0n) is 35.2. The first-order chi connectivity index (χ1) is 26.3. The maximum atomic E-state index is 12.9. The molecule has 1 unspecified atom stereocenters. The van der Waals surface area contributed by atoms with Crippen molar-refractivity contribution in [3.05, 3.63) is 48.6 Å². The van der Waals surface area contributed by atoms with Crippen LogP contribution in [0.5, 0.6) is 0 Å². The molecule has 1 aliphatic carbocycles. The molecule has 0 aromatic heterocycles. The standard InChI is InChI=1S/C44H79N2O8P/c1-6-8-10-11-12-13-14-15-16-17-18-19-20-25-29-43(49)41(37-54-55(51,52)53-36-35-46(3,4)5)45-44(50)30-26-22-21-24-27-38-31-34-42(48)40(38)33-32-39(47)28-23-9-7-2/h21,24-25,29,31-34,38-41,43,47,49H,6-20,22-23,26-28,30,35-37H2,1-5H3,(H-,45,50,51,52)/b24-21-,29-25+,33-32+/t38-,39-,40+,41-,43+/m0/s1. The second-order valence-corrected chi connectivity index (χ2v) is 17.8. The average Bonchev–Trinajstić information content (AvgIpc) is 3.48. The fraction of sp³-hybridized carbons (Fsp3) is 0.773. The summed E-state index contributed by atoms with van der Waals surface area (Å²) in [5.74, 6) is -0.493. The minimum Gasteiger partial charge on any atom is -0.756 e. The number of carbonyl (C=O) groups excluding carboxylic acids is 2. The van der Waals surface area contributed by atoms with Crippen molar-refractivity contribution >= 4 is 19.5 Å². The highest BCUT2D eigenvalue weighted by molar-refractivity contribution is 7.45. The van der Waals surface area contributed by atoms with E-state index >= 15 is 0 Å². The van der Waals surface area contributed by atoms with Crippen molar-refractivity contribution in [2.45, 2.75) is 167 Å². The molecule has 0 bridgehead atoms. The summed E-state index contributed by atoms with van der Waals surface area (Å²) in [6, 6.07) is -0.965. The van der Waals surface area contributed by atoms with E-state index in [0.717, 1.165) is 38.5 Å². The van der Waals surface area contributed by atoms with Crippen molar-refractivity contribution < 1.29 is 42.8 Å². The molecule has 3 N–H and O–H groups in total. The van der Waals surface area contributed by atoms with Gasteiger partial charge in [0.05, 0.1) is 46.0 Å². The van der Waals surface area contributed by atoms with E-state index in [1.165, 1.54) is 64.2 Å². The van der Waals surface area contributed by atoms with Gasteiger partial charge in [0, 0.05) is 12.3 Å². The van der Waals surface area contributed by atoms with E-state index in [-0.39, 0.29) is 36.6 Å². The maximum absolute atomic E-state index is 12.9. The second-order valence-electron chi connectivity index (χ2n) is 16.4. The SMILES string of the molecule is CCCCCCCCCCCCCC/C=C/[C@@H](O)[C@H](COP(=O)([O-])OCC[N+](C)(C)C)NC(=O)CCC/C=C\C[C@H]1C=CC(=O)[C@@H]1/C=C/[C@@H](O)CCCCC. The third-order valence-corrected chi connectivity index (χ3v) is 11.0. The highest BCUT2D eigenvalue weighted by atomic mass is 31.2. The van der Waals surface area contributed by atoms with Crippen LogP contribution in [0.4, 0.5) is 0 Å². The monoisotopic (exact) mass is 795 g/mol. The number of hydrogen-bond acceptors (Lipinski definition) is 8. The molecule has 0 saturated heterocycles. The van der Waals surface area contributed by atoms with Crippen molar-refractivity contribution in [1.82, 2.24) is 5.32 Å². The predicted octanol–water partition coefficient (Wildman–Crippen LogP) is 8.67. The molecule has 10 nitrogen and oxygen atoms in total. The number of rotatable bonds is 35. The number of phosphoric acid groups is 1. The largest absolute Gasteiger partial charge is 0.756 e. The lowest BCUT2D eigenvalue weighted by atomic mass is 9.90. The number of ketones is 1. The maximum Gasteiger partial charge on any atom is 0.268 e. The zero-order chi connectivity index (χ0) is 40.8. The Balaban J connectivity index is 2.55. The van der Waals surface area contributed by atoms with Gasteiger partial charge < -0.3 is 34.0 Å². The fourth-order valence-electron chi connectivity index (χ4n) is 6.44. The van der Waals surface area contributed by atoms with Crippen LogP contribution in [0.2, 0.25) is 0 Å². The van der Waals surface area contributed by atoms with Crippen LogP contribution in [-0.2, 0) is 23.2 Å². The van der Waals surface area contributed by atoms with Crippen LogP contribution < -0.4 is 10.2 Å². The minimum absolute atomic E-state index is 0.0367. The Morgan fingerprint density at radius 3 is 2.09 bits per heavy atom. The lowest BCUT2D eigenvalue weighted by Crippen LogP contribution is -2.45. The molecule has 0 heterocycles. The molecule has 0 aromatic rings. The van der Waals surface area contributed by atoms with Crippen molar-refractivity contribution in [3.8, 4) is 0 Å². The number of carbonyl (C=O) groups is 2. The van der Waals surface area contributed by atoms with Crippen LogP contribution in [0.3, 0.4) is 0 Å². The van der Waals surface area contributed by atoms with Gasteiger partial charge in [-0.3, -0.25) is 14.2 Å². The number of phosphoric ester groups is 1. The highest BCUT2D eigenvalue weighted by Crippen LogP contribution is 2.38. The number of aliphatic hydroxyl groups excluding tert-OH is 2. The number of allylic oxidation sites excluding steroid dienone is 6. The summed E-state index contributed by atoms with van der Waals surface area (Å²) in [6.07, 6.45) is 34.9. The van der Waals surface area contributed by atoms with E-state index in [1.807, 2.05) is 51.5 Å². The lowest BCUT2D eigenvalue weighted by Gasteiger charge is -2.29. The van der Waals surface area contributed by atoms with Gasteiger partial charge in [-0.1, -0.05) is 146 Å². The van der Waals surface area contributed by atoms with Crippen molar-refractivity contribution in [2.24, 2.45) is 11.8 Å². The molecule has 1 rings (SSSR count). The molecule has 55 heavy (non-hydrogen) atoms. The van der Waals surface area contributed by atoms with Gasteiger partial charge >= 0.3 is 0 Å². The van der Waals surface area contributed by atoms with E-state index < -0.39 is 32.7 Å². The Bertz CT molecular complexity index is 1180. The van der Waals surface area contributed by atoms with Gasteiger partial charge in [0.15, 0.2) is 5.78 Å². The summed E-state index contributed by atoms with van der Waals surface area (Å²) in [6.45, 7) is 4.35. The number of amides is 1. The van der Waals surface area contributed by atoms with Gasteiger partial charge in [0.25, 0.3) is 7.82 Å². The first kappa shape index (κ1) is 51.1. The van der Waals surface area contributed by atoms with E-state index in [2.05, 4.69) is 19.2 Å². The normalized spacial score (nSPS) is 19.2. The molecule has 6 atom stereocenters. The molecule has 11 heteroatoms. The van der Waals surface area contributed by atoms with Crippen molar-refractivity contribution in [3.63, 3.8) is 0 Å². The van der Waals surface area contributed by atoms with Crippen LogP contribution >= 0.6 is 7.82 Å². The molecular weight excluding hydrogens is 715 g/mol. The van der Waals surface area contributed by atoms with Crippen LogP contribution in [-0.4, -0.2) is 85.5 Å². The first-order valence-electron chi connectivity index (χ1n) is 21.6. The molecule has 0 radical (unpaired) electrons. The van der Waals surface area contributed by atoms with Gasteiger partial charge in [-0.15, -0.1) is 0 Å². The minimum atomic E-state index is -4.64. The third-order valence-electron chi connectivity index (χ3n) is 10.0. The van der Waals surface area contributed by atoms with Gasteiger partial charge in [0.1, 0.15) is 13.2 Å². The number of quaternary nitrogens is 1. The molecule has 318 valence electrons. The number of aliphatic hydroxyl groups is 2. The Hall–Kier alpha value is -1.91. The number of unbranched alkanes of at least 4 members (excludes halogenated alkanes) is 15. The van der Waals surface area contributed by atoms with Crippen LogP contribution in [0.15, 0.2) is 48.6 Å². The summed E-state index contributed by atoms with van der Waals surface area (Å²) in [5.41, 5.74) is 0. The van der Waals surface area contributed by atoms with Crippen LogP contribution in [0.25, 0.3) is 0 Å². The van der Waals surface area contributed by atoms with Gasteiger partial charge in [0.2, 0.25) is 5.91 Å². The van der Waals surface area contributed by atoms with E-state index in [9.17, 15) is 29.3 Å². The number of likely N-dealkylation sites (N-methyl/N-ethyl adjacent to an activating group) is 1. The molecular formula is C44H79N2O8P. The molecule has 1 aliphatic rings. The number of hydrogen-bond donors (Lipinski definition) is 3. The molecule has 0 saturated carbocycles. The van der Waals surface area contributed by atoms with Crippen LogP contribution in [0, 0.1) is 11.8 Å². The summed E-state index contributed by atoms with van der Waals surface area (Å²) in [4.78, 5) is 37.8. The second kappa shape index (κ2) is 31.1. The van der Waals surface area contributed by atoms with Gasteiger partial charge in [-0.2, -0.15) is 0 Å². The summed E-state index contributed by atoms with van der Waals surface area (Å²) in [5, 5.41) is 24.0. The van der Waals surface area contributed by atoms with E-state index in [1.54, 1.807) is 18.2 Å². The van der Waals surface area contributed by atoms with Gasteiger partial charge in [-0.05, 0) is 50.5 Å². The topological polar surface area (TPSA) is 145 Å². The number of nitrogens with zero attached hydrogens (tertiary/aromatic N) is 1. The predicted molar refractivity (Wildman–Crippen MR) is 223 cm³/mol. The number of nitrogens with one attached hydrogen (secondary N) is 1. The van der Waals surface area contributed by atoms with Crippen molar-refractivity contribution in [2.75, 3.05) is 40.9 Å². The fourth-order valence-corrected chi connectivity index (χ4v) is 7.16. The molecule has 0 spiro atoms.